The van der Waals surface area contributed by atoms with Gasteiger partial charge in [-0.25, -0.2) is 8.42 Å². The summed E-state index contributed by atoms with van der Waals surface area (Å²) < 4.78 is 23.2. The van der Waals surface area contributed by atoms with Gasteiger partial charge in [-0.2, -0.15) is 0 Å². The molecule has 0 saturated carbocycles. The number of guanidine groups is 1. The molecule has 0 aromatic carbocycles. The maximum absolute atomic E-state index is 11.6. The van der Waals surface area contributed by atoms with Crippen LogP contribution in [0.5, 0.6) is 0 Å². The van der Waals surface area contributed by atoms with E-state index in [-0.39, 0.29) is 41.5 Å². The number of rotatable bonds is 6. The van der Waals surface area contributed by atoms with Crippen LogP contribution in [0.3, 0.4) is 0 Å². The van der Waals surface area contributed by atoms with Crippen LogP contribution in [0.4, 0.5) is 0 Å². The van der Waals surface area contributed by atoms with Gasteiger partial charge in [-0.05, 0) is 44.6 Å². The molecule has 25 heavy (non-hydrogen) atoms. The molecule has 0 amide bonds. The number of hydrogen-bond donors (Lipinski definition) is 2. The molecule has 2 heterocycles. The lowest BCUT2D eigenvalue weighted by molar-refractivity contribution is 0.162. The third-order valence-electron chi connectivity index (χ3n) is 4.65. The van der Waals surface area contributed by atoms with E-state index in [9.17, 15) is 8.42 Å². The zero-order valence-corrected chi connectivity index (χ0v) is 19.0. The molecule has 0 aliphatic carbocycles. The lowest BCUT2D eigenvalue weighted by atomic mass is 9.97. The van der Waals surface area contributed by atoms with E-state index >= 15 is 0 Å². The van der Waals surface area contributed by atoms with Crippen LogP contribution in [-0.4, -0.2) is 69.5 Å². The van der Waals surface area contributed by atoms with Crippen molar-refractivity contribution in [2.45, 2.75) is 46.1 Å². The van der Waals surface area contributed by atoms with Gasteiger partial charge in [0.1, 0.15) is 0 Å². The maximum atomic E-state index is 11.6. The van der Waals surface area contributed by atoms with Crippen molar-refractivity contribution >= 4 is 39.8 Å². The number of sulfone groups is 1. The zero-order valence-electron chi connectivity index (χ0n) is 15.8. The Bertz CT molecular complexity index is 525. The molecule has 2 rings (SSSR count). The van der Waals surface area contributed by atoms with Crippen LogP contribution in [0.25, 0.3) is 0 Å². The summed E-state index contributed by atoms with van der Waals surface area (Å²) in [5, 5.41) is 6.55. The number of likely N-dealkylation sites (tertiary alicyclic amines) is 1. The van der Waals surface area contributed by atoms with Crippen LogP contribution < -0.4 is 10.6 Å². The monoisotopic (exact) mass is 486 g/mol. The molecular formula is C17H35IN4O2S. The lowest BCUT2D eigenvalue weighted by Gasteiger charge is -2.33. The molecule has 0 aromatic rings. The summed E-state index contributed by atoms with van der Waals surface area (Å²) >= 11 is 0. The van der Waals surface area contributed by atoms with Crippen LogP contribution in [0.2, 0.25) is 0 Å². The average molecular weight is 486 g/mol. The van der Waals surface area contributed by atoms with Gasteiger partial charge in [0, 0.05) is 32.2 Å². The van der Waals surface area contributed by atoms with Crippen molar-refractivity contribution in [3.63, 3.8) is 0 Å². The van der Waals surface area contributed by atoms with Crippen LogP contribution in [0.1, 0.15) is 40.0 Å². The summed E-state index contributed by atoms with van der Waals surface area (Å²) in [6, 6.07) is -0.00315. The fourth-order valence-electron chi connectivity index (χ4n) is 3.63. The van der Waals surface area contributed by atoms with Crippen molar-refractivity contribution in [1.29, 1.82) is 0 Å². The first-order valence-electron chi connectivity index (χ1n) is 9.35. The fourth-order valence-corrected chi connectivity index (χ4v) is 5.30. The van der Waals surface area contributed by atoms with E-state index in [0.29, 0.717) is 18.3 Å². The standard InChI is InChI=1S/C17H34N4O2S.HI/c1-4-18-17(20-16-7-9-24(22,23)13-16)19-10-15-6-5-8-21(12-15)11-14(2)3;/h14-16H,4-13H2,1-3H3,(H2,18,19,20);1H. The predicted molar refractivity (Wildman–Crippen MR) is 116 cm³/mol. The Kier molecular flexibility index (Phi) is 10.0. The van der Waals surface area contributed by atoms with E-state index in [1.807, 2.05) is 6.92 Å². The summed E-state index contributed by atoms with van der Waals surface area (Å²) in [4.78, 5) is 7.29. The van der Waals surface area contributed by atoms with Gasteiger partial charge in [0.15, 0.2) is 15.8 Å². The maximum Gasteiger partial charge on any atom is 0.191 e. The molecule has 0 spiro atoms. The van der Waals surface area contributed by atoms with Gasteiger partial charge in [0.2, 0.25) is 0 Å². The number of piperidine rings is 1. The van der Waals surface area contributed by atoms with Crippen molar-refractivity contribution < 1.29 is 8.42 Å². The van der Waals surface area contributed by atoms with Crippen molar-refractivity contribution in [3.05, 3.63) is 0 Å². The van der Waals surface area contributed by atoms with Crippen molar-refractivity contribution in [3.8, 4) is 0 Å². The van der Waals surface area contributed by atoms with E-state index in [1.165, 1.54) is 25.9 Å². The Morgan fingerprint density at radius 1 is 1.32 bits per heavy atom. The second-order valence-corrected chi connectivity index (χ2v) is 9.85. The predicted octanol–water partition coefficient (Wildman–Crippen LogP) is 1.71. The molecule has 2 unspecified atom stereocenters. The summed E-state index contributed by atoms with van der Waals surface area (Å²) in [6.45, 7) is 11.7. The van der Waals surface area contributed by atoms with Gasteiger partial charge in [-0.3, -0.25) is 4.99 Å². The second kappa shape index (κ2) is 10.9. The molecule has 0 bridgehead atoms. The van der Waals surface area contributed by atoms with Crippen LogP contribution in [0, 0.1) is 11.8 Å². The Labute approximate surface area is 170 Å². The molecule has 2 aliphatic rings. The Morgan fingerprint density at radius 3 is 2.68 bits per heavy atom. The first-order valence-corrected chi connectivity index (χ1v) is 11.2. The molecule has 148 valence electrons. The highest BCUT2D eigenvalue weighted by Gasteiger charge is 2.28. The number of nitrogens with one attached hydrogen (secondary N) is 2. The summed E-state index contributed by atoms with van der Waals surface area (Å²) in [5.41, 5.74) is 0. The molecule has 0 radical (unpaired) electrons. The van der Waals surface area contributed by atoms with Gasteiger partial charge >= 0.3 is 0 Å². The van der Waals surface area contributed by atoms with Crippen molar-refractivity contribution in [1.82, 2.24) is 15.5 Å². The SMILES string of the molecule is CCNC(=NCC1CCCN(CC(C)C)C1)NC1CCS(=O)(=O)C1.I. The Hall–Kier alpha value is -0.0900. The van der Waals surface area contributed by atoms with E-state index < -0.39 is 9.84 Å². The summed E-state index contributed by atoms with van der Waals surface area (Å²) in [7, 11) is -2.86. The number of hydrogen-bond acceptors (Lipinski definition) is 4. The highest BCUT2D eigenvalue weighted by atomic mass is 127. The molecule has 2 fully saturated rings. The van der Waals surface area contributed by atoms with Crippen molar-refractivity contribution in [2.75, 3.05) is 44.2 Å². The van der Waals surface area contributed by atoms with E-state index in [0.717, 1.165) is 25.6 Å². The van der Waals surface area contributed by atoms with Gasteiger partial charge < -0.3 is 15.5 Å². The first kappa shape index (κ1) is 23.0. The fraction of sp³-hybridized carbons (Fsp3) is 0.941. The minimum Gasteiger partial charge on any atom is -0.357 e. The minimum atomic E-state index is -2.86. The third-order valence-corrected chi connectivity index (χ3v) is 6.42. The number of aliphatic imine (C=N–C) groups is 1. The minimum absolute atomic E-state index is 0. The molecule has 2 saturated heterocycles. The molecule has 2 N–H and O–H groups in total. The normalized spacial score (nSPS) is 27.1. The van der Waals surface area contributed by atoms with Crippen LogP contribution >= 0.6 is 24.0 Å². The topological polar surface area (TPSA) is 73.8 Å². The van der Waals surface area contributed by atoms with Crippen LogP contribution in [0.15, 0.2) is 4.99 Å². The smallest absolute Gasteiger partial charge is 0.191 e. The first-order chi connectivity index (χ1) is 11.4. The van der Waals surface area contributed by atoms with Crippen LogP contribution in [-0.2, 0) is 9.84 Å². The molecule has 0 aromatic heterocycles. The number of nitrogens with zero attached hydrogens (tertiary/aromatic N) is 2. The summed E-state index contributed by atoms with van der Waals surface area (Å²) in [6.07, 6.45) is 3.16. The van der Waals surface area contributed by atoms with Gasteiger partial charge in [0.05, 0.1) is 11.5 Å². The third kappa shape index (κ3) is 8.43. The van der Waals surface area contributed by atoms with E-state index in [4.69, 9.17) is 4.99 Å². The molecular weight excluding hydrogens is 451 g/mol. The van der Waals surface area contributed by atoms with Crippen molar-refractivity contribution in [2.24, 2.45) is 16.8 Å². The molecule has 2 aliphatic heterocycles. The average Bonchev–Trinajstić information content (AvgIpc) is 2.84. The van der Waals surface area contributed by atoms with Gasteiger partial charge in [0.25, 0.3) is 0 Å². The molecule has 6 nitrogen and oxygen atoms in total. The highest BCUT2D eigenvalue weighted by Crippen LogP contribution is 2.18. The second-order valence-electron chi connectivity index (χ2n) is 7.63. The number of halogens is 1. The van der Waals surface area contributed by atoms with Gasteiger partial charge in [-0.1, -0.05) is 13.8 Å². The quantitative estimate of drug-likeness (QED) is 0.340. The Balaban J connectivity index is 0.00000312. The Morgan fingerprint density at radius 2 is 2.08 bits per heavy atom. The zero-order chi connectivity index (χ0) is 17.6. The lowest BCUT2D eigenvalue weighted by Crippen LogP contribution is -2.44. The largest absolute Gasteiger partial charge is 0.357 e. The van der Waals surface area contributed by atoms with E-state index in [2.05, 4.69) is 29.4 Å². The summed E-state index contributed by atoms with van der Waals surface area (Å²) in [5.74, 6) is 2.58. The van der Waals surface area contributed by atoms with E-state index in [1.54, 1.807) is 0 Å². The highest BCUT2D eigenvalue weighted by molar-refractivity contribution is 14.0. The molecule has 2 atom stereocenters. The molecule has 8 heteroatoms. The van der Waals surface area contributed by atoms with Gasteiger partial charge in [-0.15, -0.1) is 24.0 Å².